The van der Waals surface area contributed by atoms with Crippen molar-refractivity contribution in [2.75, 3.05) is 6.61 Å². The molecule has 1 heterocycles. The van der Waals surface area contributed by atoms with E-state index in [9.17, 15) is 9.59 Å². The molecule has 0 spiro atoms. The lowest BCUT2D eigenvalue weighted by Gasteiger charge is -2.05. The van der Waals surface area contributed by atoms with Gasteiger partial charge in [-0.2, -0.15) is 0 Å². The van der Waals surface area contributed by atoms with Crippen molar-refractivity contribution in [2.24, 2.45) is 0 Å². The van der Waals surface area contributed by atoms with Gasteiger partial charge < -0.3 is 9.15 Å². The van der Waals surface area contributed by atoms with Gasteiger partial charge in [0.25, 0.3) is 0 Å². The minimum Gasteiger partial charge on any atom is -0.462 e. The van der Waals surface area contributed by atoms with E-state index in [0.29, 0.717) is 24.1 Å². The maximum Gasteiger partial charge on any atom is 0.419 e. The summed E-state index contributed by atoms with van der Waals surface area (Å²) in [5.41, 5.74) is 1.84. The Kier molecular flexibility index (Phi) is 4.80. The zero-order valence-electron chi connectivity index (χ0n) is 12.2. The topological polar surface area (TPSA) is 61.4 Å². The third kappa shape index (κ3) is 3.64. The van der Waals surface area contributed by atoms with Crippen molar-refractivity contribution in [1.29, 1.82) is 0 Å². The van der Waals surface area contributed by atoms with E-state index in [1.54, 1.807) is 22.8 Å². The van der Waals surface area contributed by atoms with Gasteiger partial charge in [-0.25, -0.2) is 9.59 Å². The van der Waals surface area contributed by atoms with Crippen LogP contribution >= 0.6 is 22.6 Å². The molecule has 0 saturated carbocycles. The van der Waals surface area contributed by atoms with Gasteiger partial charge in [0.1, 0.15) is 0 Å². The monoisotopic (exact) mass is 423 g/mol. The maximum atomic E-state index is 11.9. The summed E-state index contributed by atoms with van der Waals surface area (Å²) in [6.07, 6.45) is 0.541. The van der Waals surface area contributed by atoms with E-state index in [2.05, 4.69) is 22.6 Å². The van der Waals surface area contributed by atoms with Gasteiger partial charge in [0.05, 0.1) is 17.7 Å². The van der Waals surface area contributed by atoms with Crippen LogP contribution in [0.3, 0.4) is 0 Å². The van der Waals surface area contributed by atoms with E-state index in [4.69, 9.17) is 9.15 Å². The highest BCUT2D eigenvalue weighted by Gasteiger charge is 2.09. The molecule has 0 bridgehead atoms. The van der Waals surface area contributed by atoms with E-state index >= 15 is 0 Å². The highest BCUT2D eigenvalue weighted by Crippen LogP contribution is 2.12. The summed E-state index contributed by atoms with van der Waals surface area (Å²) in [7, 11) is 0. The second kappa shape index (κ2) is 6.99. The summed E-state index contributed by atoms with van der Waals surface area (Å²) in [6.45, 7) is 0.687. The lowest BCUT2D eigenvalue weighted by molar-refractivity contribution is 0.0496. The summed E-state index contributed by atoms with van der Waals surface area (Å²) < 4.78 is 13.0. The van der Waals surface area contributed by atoms with Crippen LogP contribution in [0.25, 0.3) is 11.1 Å². The fraction of sp³-hybridized carbons (Fsp3) is 0.176. The quantitative estimate of drug-likeness (QED) is 0.359. The first-order valence-electron chi connectivity index (χ1n) is 7.16. The molecule has 3 rings (SSSR count). The number of para-hydroxylation sites is 2. The average Bonchev–Trinajstić information content (AvgIpc) is 2.87. The number of aromatic nitrogens is 1. The third-order valence-corrected chi connectivity index (χ3v) is 4.13. The van der Waals surface area contributed by atoms with Crippen LogP contribution in [0, 0.1) is 3.57 Å². The number of oxazole rings is 1. The van der Waals surface area contributed by atoms with Crippen LogP contribution in [0.15, 0.2) is 57.7 Å². The molecule has 5 nitrogen and oxygen atoms in total. The molecular weight excluding hydrogens is 409 g/mol. The summed E-state index contributed by atoms with van der Waals surface area (Å²) >= 11 is 2.18. The second-order valence-corrected chi connectivity index (χ2v) is 6.23. The molecule has 2 aromatic carbocycles. The molecule has 3 aromatic rings. The van der Waals surface area contributed by atoms with Crippen molar-refractivity contribution >= 4 is 39.7 Å². The Labute approximate surface area is 146 Å². The van der Waals surface area contributed by atoms with Gasteiger partial charge in [-0.3, -0.25) is 4.57 Å². The van der Waals surface area contributed by atoms with Crippen molar-refractivity contribution < 1.29 is 13.9 Å². The molecule has 23 heavy (non-hydrogen) atoms. The van der Waals surface area contributed by atoms with E-state index < -0.39 is 5.76 Å². The lowest BCUT2D eigenvalue weighted by Crippen LogP contribution is -2.16. The van der Waals surface area contributed by atoms with Crippen LogP contribution in [-0.2, 0) is 11.3 Å². The molecule has 0 atom stereocenters. The van der Waals surface area contributed by atoms with Gasteiger partial charge in [-0.05, 0) is 65.4 Å². The molecule has 0 aliphatic heterocycles. The molecule has 6 heteroatoms. The number of esters is 1. The Hall–Kier alpha value is -2.09. The molecule has 0 amide bonds. The number of benzene rings is 2. The van der Waals surface area contributed by atoms with Gasteiger partial charge in [-0.1, -0.05) is 12.1 Å². The third-order valence-electron chi connectivity index (χ3n) is 3.41. The zero-order chi connectivity index (χ0) is 16.2. The predicted octanol–water partition coefficient (Wildman–Crippen LogP) is 3.45. The Morgan fingerprint density at radius 3 is 2.65 bits per heavy atom. The number of carbonyl (C=O) groups excluding carboxylic acids is 1. The smallest absolute Gasteiger partial charge is 0.419 e. The number of aryl methyl sites for hydroxylation is 1. The van der Waals surface area contributed by atoms with E-state index in [1.807, 2.05) is 30.3 Å². The maximum absolute atomic E-state index is 11.9. The summed E-state index contributed by atoms with van der Waals surface area (Å²) in [4.78, 5) is 23.7. The molecule has 118 valence electrons. The molecule has 0 aliphatic rings. The van der Waals surface area contributed by atoms with Gasteiger partial charge >= 0.3 is 11.7 Å². The summed E-state index contributed by atoms with van der Waals surface area (Å²) in [5.74, 6) is -0.749. The summed E-state index contributed by atoms with van der Waals surface area (Å²) in [6, 6.07) is 14.4. The molecule has 0 saturated heterocycles. The highest BCUT2D eigenvalue weighted by atomic mass is 127. The van der Waals surface area contributed by atoms with Crippen LogP contribution in [0.5, 0.6) is 0 Å². The number of carbonyl (C=O) groups is 1. The normalized spacial score (nSPS) is 10.8. The van der Waals surface area contributed by atoms with Crippen molar-refractivity contribution in [3.8, 4) is 0 Å². The largest absolute Gasteiger partial charge is 0.462 e. The number of hydrogen-bond donors (Lipinski definition) is 0. The number of ether oxygens (including phenoxy) is 1. The minimum absolute atomic E-state index is 0.247. The van der Waals surface area contributed by atoms with E-state index in [0.717, 1.165) is 9.09 Å². The van der Waals surface area contributed by atoms with E-state index in [1.165, 1.54) is 0 Å². The van der Waals surface area contributed by atoms with Crippen molar-refractivity contribution in [2.45, 2.75) is 13.0 Å². The van der Waals surface area contributed by atoms with Crippen LogP contribution in [0.2, 0.25) is 0 Å². The molecule has 0 radical (unpaired) electrons. The Morgan fingerprint density at radius 1 is 1.13 bits per heavy atom. The molecule has 0 fully saturated rings. The van der Waals surface area contributed by atoms with Crippen LogP contribution in [-0.4, -0.2) is 17.1 Å². The molecule has 0 N–H and O–H groups in total. The number of hydrogen-bond acceptors (Lipinski definition) is 4. The number of nitrogens with zero attached hydrogens (tertiary/aromatic N) is 1. The fourth-order valence-corrected chi connectivity index (χ4v) is 2.64. The number of halogens is 1. The van der Waals surface area contributed by atoms with Crippen LogP contribution < -0.4 is 5.76 Å². The van der Waals surface area contributed by atoms with Gasteiger partial charge in [0.15, 0.2) is 5.58 Å². The highest BCUT2D eigenvalue weighted by molar-refractivity contribution is 14.1. The number of rotatable bonds is 5. The zero-order valence-corrected chi connectivity index (χ0v) is 14.4. The first-order chi connectivity index (χ1) is 11.1. The molecule has 0 unspecified atom stereocenters. The van der Waals surface area contributed by atoms with Crippen molar-refractivity contribution in [3.63, 3.8) is 0 Å². The minimum atomic E-state index is -0.393. The standard InChI is InChI=1S/C17H14INO4/c18-13-8-6-12(7-9-13)16(20)22-11-3-10-19-14-4-1-2-5-15(14)23-17(19)21/h1-2,4-9H,3,10-11H2. The van der Waals surface area contributed by atoms with Crippen molar-refractivity contribution in [3.05, 3.63) is 68.2 Å². The Balaban J connectivity index is 1.57. The molecule has 0 aliphatic carbocycles. The second-order valence-electron chi connectivity index (χ2n) is 4.98. The fourth-order valence-electron chi connectivity index (χ4n) is 2.28. The SMILES string of the molecule is O=C(OCCCn1c(=O)oc2ccccc21)c1ccc(I)cc1. The van der Waals surface area contributed by atoms with Crippen LogP contribution in [0.1, 0.15) is 16.8 Å². The molecule has 1 aromatic heterocycles. The number of fused-ring (bicyclic) bond motifs is 1. The Bertz CT molecular complexity index is 879. The first kappa shape index (κ1) is 15.8. The van der Waals surface area contributed by atoms with Gasteiger partial charge in [0, 0.05) is 10.1 Å². The average molecular weight is 423 g/mol. The Morgan fingerprint density at radius 2 is 1.87 bits per heavy atom. The predicted molar refractivity (Wildman–Crippen MR) is 94.5 cm³/mol. The van der Waals surface area contributed by atoms with E-state index in [-0.39, 0.29) is 12.6 Å². The van der Waals surface area contributed by atoms with Gasteiger partial charge in [0.2, 0.25) is 0 Å². The summed E-state index contributed by atoms with van der Waals surface area (Å²) in [5, 5.41) is 0. The molecular formula is C17H14INO4. The first-order valence-corrected chi connectivity index (χ1v) is 8.24. The lowest BCUT2D eigenvalue weighted by atomic mass is 10.2. The van der Waals surface area contributed by atoms with Gasteiger partial charge in [-0.15, -0.1) is 0 Å². The van der Waals surface area contributed by atoms with Crippen molar-refractivity contribution in [1.82, 2.24) is 4.57 Å². The van der Waals surface area contributed by atoms with Crippen LogP contribution in [0.4, 0.5) is 0 Å².